The SMILES string of the molecule is CSc1ccccc1C(=O)Cc1cc(C)ccc1C. The summed E-state index contributed by atoms with van der Waals surface area (Å²) in [6.07, 6.45) is 2.48. The van der Waals surface area contributed by atoms with Gasteiger partial charge in [-0.3, -0.25) is 4.79 Å². The van der Waals surface area contributed by atoms with E-state index in [-0.39, 0.29) is 5.78 Å². The first-order valence-corrected chi connectivity index (χ1v) is 7.56. The Bertz CT molecular complexity index is 602. The largest absolute Gasteiger partial charge is 0.294 e. The number of ketones is 1. The molecule has 0 heterocycles. The van der Waals surface area contributed by atoms with Crippen LogP contribution in [0.3, 0.4) is 0 Å². The average molecular weight is 270 g/mol. The van der Waals surface area contributed by atoms with Crippen LogP contribution in [0.1, 0.15) is 27.0 Å². The van der Waals surface area contributed by atoms with Crippen molar-refractivity contribution in [3.63, 3.8) is 0 Å². The van der Waals surface area contributed by atoms with Crippen LogP contribution in [0.25, 0.3) is 0 Å². The molecule has 19 heavy (non-hydrogen) atoms. The van der Waals surface area contributed by atoms with Crippen LogP contribution in [0.4, 0.5) is 0 Å². The minimum atomic E-state index is 0.193. The molecule has 0 aliphatic heterocycles. The maximum absolute atomic E-state index is 12.4. The van der Waals surface area contributed by atoms with E-state index in [4.69, 9.17) is 0 Å². The minimum absolute atomic E-state index is 0.193. The standard InChI is InChI=1S/C17H18OS/c1-12-8-9-13(2)14(10-12)11-16(18)15-6-4-5-7-17(15)19-3/h4-10H,11H2,1-3H3. The highest BCUT2D eigenvalue weighted by Gasteiger charge is 2.12. The molecule has 0 fully saturated rings. The zero-order valence-corrected chi connectivity index (χ0v) is 12.4. The van der Waals surface area contributed by atoms with Gasteiger partial charge in [-0.1, -0.05) is 42.0 Å². The van der Waals surface area contributed by atoms with Gasteiger partial charge >= 0.3 is 0 Å². The molecule has 0 bridgehead atoms. The molecule has 1 nitrogen and oxygen atoms in total. The van der Waals surface area contributed by atoms with Crippen molar-refractivity contribution >= 4 is 17.5 Å². The summed E-state index contributed by atoms with van der Waals surface area (Å²) in [7, 11) is 0. The Morgan fingerprint density at radius 3 is 2.58 bits per heavy atom. The van der Waals surface area contributed by atoms with Gasteiger partial charge in [0, 0.05) is 16.9 Å². The van der Waals surface area contributed by atoms with Crippen molar-refractivity contribution < 1.29 is 4.79 Å². The Labute approximate surface area is 119 Å². The van der Waals surface area contributed by atoms with E-state index in [1.165, 1.54) is 11.1 Å². The zero-order valence-electron chi connectivity index (χ0n) is 11.6. The van der Waals surface area contributed by atoms with Crippen LogP contribution in [-0.4, -0.2) is 12.0 Å². The fraction of sp³-hybridized carbons (Fsp3) is 0.235. The third kappa shape index (κ3) is 3.27. The molecule has 0 unspecified atom stereocenters. The van der Waals surface area contributed by atoms with Crippen LogP contribution in [0, 0.1) is 13.8 Å². The van der Waals surface area contributed by atoms with Crippen molar-refractivity contribution in [3.05, 3.63) is 64.7 Å². The molecule has 0 saturated carbocycles. The number of aryl methyl sites for hydroxylation is 2. The van der Waals surface area contributed by atoms with Crippen molar-refractivity contribution in [1.82, 2.24) is 0 Å². The number of carbonyl (C=O) groups is 1. The number of hydrogen-bond acceptors (Lipinski definition) is 2. The lowest BCUT2D eigenvalue weighted by molar-refractivity contribution is 0.0990. The molecule has 0 saturated heterocycles. The van der Waals surface area contributed by atoms with Gasteiger partial charge in [-0.05, 0) is 37.3 Å². The Kier molecular flexibility index (Phi) is 4.43. The smallest absolute Gasteiger partial charge is 0.168 e. The molecular weight excluding hydrogens is 252 g/mol. The molecule has 0 N–H and O–H groups in total. The number of hydrogen-bond donors (Lipinski definition) is 0. The van der Waals surface area contributed by atoms with Gasteiger partial charge < -0.3 is 0 Å². The molecule has 0 amide bonds. The molecular formula is C17H18OS. The van der Waals surface area contributed by atoms with Crippen LogP contribution in [0.2, 0.25) is 0 Å². The number of carbonyl (C=O) groups excluding carboxylic acids is 1. The van der Waals surface area contributed by atoms with Crippen LogP contribution < -0.4 is 0 Å². The van der Waals surface area contributed by atoms with E-state index in [0.29, 0.717) is 6.42 Å². The van der Waals surface area contributed by atoms with Gasteiger partial charge in [-0.25, -0.2) is 0 Å². The maximum Gasteiger partial charge on any atom is 0.168 e. The van der Waals surface area contributed by atoms with Crippen LogP contribution in [0.15, 0.2) is 47.4 Å². The molecule has 0 aliphatic rings. The normalized spacial score (nSPS) is 10.5. The van der Waals surface area contributed by atoms with Gasteiger partial charge in [0.15, 0.2) is 5.78 Å². The van der Waals surface area contributed by atoms with Gasteiger partial charge in [0.05, 0.1) is 0 Å². The molecule has 2 aromatic carbocycles. The predicted molar refractivity (Wildman–Crippen MR) is 82.2 cm³/mol. The van der Waals surface area contributed by atoms with Gasteiger partial charge in [0.2, 0.25) is 0 Å². The monoisotopic (exact) mass is 270 g/mol. The highest BCUT2D eigenvalue weighted by molar-refractivity contribution is 7.98. The van der Waals surface area contributed by atoms with Crippen LogP contribution in [-0.2, 0) is 6.42 Å². The second kappa shape index (κ2) is 6.07. The molecule has 0 aromatic heterocycles. The Morgan fingerprint density at radius 2 is 1.84 bits per heavy atom. The van der Waals surface area contributed by atoms with Crippen LogP contribution >= 0.6 is 11.8 Å². The summed E-state index contributed by atoms with van der Waals surface area (Å²) < 4.78 is 0. The zero-order chi connectivity index (χ0) is 13.8. The second-order valence-electron chi connectivity index (χ2n) is 4.73. The van der Waals surface area contributed by atoms with Crippen molar-refractivity contribution in [1.29, 1.82) is 0 Å². The maximum atomic E-state index is 12.4. The van der Waals surface area contributed by atoms with Gasteiger partial charge in [-0.2, -0.15) is 0 Å². The summed E-state index contributed by atoms with van der Waals surface area (Å²) in [4.78, 5) is 13.5. The van der Waals surface area contributed by atoms with Gasteiger partial charge in [0.1, 0.15) is 0 Å². The summed E-state index contributed by atoms with van der Waals surface area (Å²) in [6.45, 7) is 4.12. The molecule has 2 heteroatoms. The molecule has 0 spiro atoms. The summed E-state index contributed by atoms with van der Waals surface area (Å²) in [6, 6.07) is 14.1. The van der Waals surface area contributed by atoms with E-state index in [2.05, 4.69) is 32.0 Å². The Balaban J connectivity index is 2.28. The van der Waals surface area contributed by atoms with E-state index in [9.17, 15) is 4.79 Å². The summed E-state index contributed by atoms with van der Waals surface area (Å²) in [5.74, 6) is 0.193. The quantitative estimate of drug-likeness (QED) is 0.603. The first kappa shape index (κ1) is 13.9. The number of benzene rings is 2. The van der Waals surface area contributed by atoms with E-state index in [0.717, 1.165) is 16.0 Å². The molecule has 0 radical (unpaired) electrons. The lowest BCUT2D eigenvalue weighted by Gasteiger charge is -2.09. The number of thioether (sulfide) groups is 1. The molecule has 98 valence electrons. The average Bonchev–Trinajstić information content (AvgIpc) is 2.42. The summed E-state index contributed by atoms with van der Waals surface area (Å²) >= 11 is 1.62. The third-order valence-electron chi connectivity index (χ3n) is 3.26. The predicted octanol–water partition coefficient (Wildman–Crippen LogP) is 4.45. The Morgan fingerprint density at radius 1 is 1.11 bits per heavy atom. The van der Waals surface area contributed by atoms with Crippen molar-refractivity contribution in [2.75, 3.05) is 6.26 Å². The second-order valence-corrected chi connectivity index (χ2v) is 5.58. The van der Waals surface area contributed by atoms with Gasteiger partial charge in [0.25, 0.3) is 0 Å². The summed E-state index contributed by atoms with van der Waals surface area (Å²) in [5, 5.41) is 0. The lowest BCUT2D eigenvalue weighted by Crippen LogP contribution is -2.06. The van der Waals surface area contributed by atoms with Crippen molar-refractivity contribution in [2.24, 2.45) is 0 Å². The van der Waals surface area contributed by atoms with E-state index < -0.39 is 0 Å². The molecule has 0 atom stereocenters. The highest BCUT2D eigenvalue weighted by Crippen LogP contribution is 2.22. The van der Waals surface area contributed by atoms with Gasteiger partial charge in [-0.15, -0.1) is 11.8 Å². The molecule has 0 aliphatic carbocycles. The van der Waals surface area contributed by atoms with E-state index in [1.54, 1.807) is 11.8 Å². The Hall–Kier alpha value is -1.54. The number of rotatable bonds is 4. The first-order valence-electron chi connectivity index (χ1n) is 6.34. The minimum Gasteiger partial charge on any atom is -0.294 e. The fourth-order valence-electron chi connectivity index (χ4n) is 2.13. The first-order chi connectivity index (χ1) is 9.11. The molecule has 2 rings (SSSR count). The summed E-state index contributed by atoms with van der Waals surface area (Å²) in [5.41, 5.74) is 4.34. The van der Waals surface area contributed by atoms with Crippen molar-refractivity contribution in [3.8, 4) is 0 Å². The van der Waals surface area contributed by atoms with Crippen LogP contribution in [0.5, 0.6) is 0 Å². The topological polar surface area (TPSA) is 17.1 Å². The third-order valence-corrected chi connectivity index (χ3v) is 4.06. The van der Waals surface area contributed by atoms with E-state index >= 15 is 0 Å². The van der Waals surface area contributed by atoms with Crippen molar-refractivity contribution in [2.45, 2.75) is 25.2 Å². The fourth-order valence-corrected chi connectivity index (χ4v) is 2.75. The number of Topliss-reactive ketones (excluding diaryl/α,β-unsaturated/α-hetero) is 1. The highest BCUT2D eigenvalue weighted by atomic mass is 32.2. The lowest BCUT2D eigenvalue weighted by atomic mass is 9.98. The molecule has 2 aromatic rings. The van der Waals surface area contributed by atoms with E-state index in [1.807, 2.05) is 30.5 Å².